The summed E-state index contributed by atoms with van der Waals surface area (Å²) in [5.74, 6) is 0. The van der Waals surface area contributed by atoms with Crippen LogP contribution in [-0.4, -0.2) is 33.5 Å². The SMILES string of the molecule is COCCOCCNc1ccc(N)cc1Cl. The average molecular weight is 245 g/mol. The van der Waals surface area contributed by atoms with Crippen molar-refractivity contribution in [3.8, 4) is 0 Å². The molecule has 5 heteroatoms. The molecular weight excluding hydrogens is 228 g/mol. The minimum atomic E-state index is 0.605. The van der Waals surface area contributed by atoms with E-state index in [1.165, 1.54) is 0 Å². The number of nitrogens with one attached hydrogen (secondary N) is 1. The zero-order valence-corrected chi connectivity index (χ0v) is 10.1. The zero-order chi connectivity index (χ0) is 11.8. The molecule has 0 amide bonds. The van der Waals surface area contributed by atoms with Crippen LogP contribution in [0.2, 0.25) is 5.02 Å². The zero-order valence-electron chi connectivity index (χ0n) is 9.33. The van der Waals surface area contributed by atoms with Crippen LogP contribution in [0.3, 0.4) is 0 Å². The van der Waals surface area contributed by atoms with E-state index in [1.807, 2.05) is 6.07 Å². The molecule has 0 atom stereocenters. The lowest BCUT2D eigenvalue weighted by atomic mass is 10.3. The monoisotopic (exact) mass is 244 g/mol. The molecule has 0 radical (unpaired) electrons. The van der Waals surface area contributed by atoms with E-state index in [1.54, 1.807) is 19.2 Å². The highest BCUT2D eigenvalue weighted by atomic mass is 35.5. The van der Waals surface area contributed by atoms with E-state index in [-0.39, 0.29) is 0 Å². The molecule has 0 aromatic heterocycles. The predicted octanol–water partition coefficient (Wildman–Crippen LogP) is 2.00. The lowest BCUT2D eigenvalue weighted by Gasteiger charge is -2.09. The second-order valence-corrected chi connectivity index (χ2v) is 3.68. The maximum absolute atomic E-state index is 5.99. The van der Waals surface area contributed by atoms with Gasteiger partial charge in [-0.05, 0) is 18.2 Å². The Bertz CT molecular complexity index is 321. The molecule has 1 aromatic rings. The van der Waals surface area contributed by atoms with E-state index < -0.39 is 0 Å². The number of methoxy groups -OCH3 is 1. The summed E-state index contributed by atoms with van der Waals surface area (Å²) in [6.07, 6.45) is 0. The molecule has 0 fully saturated rings. The standard InChI is InChI=1S/C11H17ClN2O2/c1-15-6-7-16-5-4-14-11-3-2-9(13)8-10(11)12/h2-3,8,14H,4-7,13H2,1H3. The van der Waals surface area contributed by atoms with Gasteiger partial charge in [0.15, 0.2) is 0 Å². The number of benzene rings is 1. The fourth-order valence-corrected chi connectivity index (χ4v) is 1.43. The highest BCUT2D eigenvalue weighted by Crippen LogP contribution is 2.23. The van der Waals surface area contributed by atoms with Gasteiger partial charge in [0.25, 0.3) is 0 Å². The molecule has 0 saturated carbocycles. The molecule has 1 aromatic carbocycles. The van der Waals surface area contributed by atoms with Gasteiger partial charge in [-0.15, -0.1) is 0 Å². The Hall–Kier alpha value is -0.970. The van der Waals surface area contributed by atoms with Gasteiger partial charge in [0.1, 0.15) is 0 Å². The minimum absolute atomic E-state index is 0.605. The van der Waals surface area contributed by atoms with Crippen molar-refractivity contribution in [1.29, 1.82) is 0 Å². The van der Waals surface area contributed by atoms with Gasteiger partial charge >= 0.3 is 0 Å². The summed E-state index contributed by atoms with van der Waals surface area (Å²) in [5, 5.41) is 3.79. The van der Waals surface area contributed by atoms with Crippen molar-refractivity contribution < 1.29 is 9.47 Å². The fraction of sp³-hybridized carbons (Fsp3) is 0.455. The van der Waals surface area contributed by atoms with Crippen LogP contribution in [0.15, 0.2) is 18.2 Å². The van der Waals surface area contributed by atoms with Crippen LogP contribution < -0.4 is 11.1 Å². The van der Waals surface area contributed by atoms with Gasteiger partial charge in [-0.3, -0.25) is 0 Å². The number of rotatable bonds is 7. The van der Waals surface area contributed by atoms with Crippen LogP contribution in [-0.2, 0) is 9.47 Å². The normalized spacial score (nSPS) is 10.4. The Morgan fingerprint density at radius 2 is 2.12 bits per heavy atom. The fourth-order valence-electron chi connectivity index (χ4n) is 1.18. The van der Waals surface area contributed by atoms with Crippen molar-refractivity contribution in [2.75, 3.05) is 44.5 Å². The molecule has 16 heavy (non-hydrogen) atoms. The van der Waals surface area contributed by atoms with Crippen LogP contribution in [0, 0.1) is 0 Å². The summed E-state index contributed by atoms with van der Waals surface area (Å²) in [7, 11) is 1.65. The van der Waals surface area contributed by atoms with Crippen LogP contribution in [0.25, 0.3) is 0 Å². The number of hydrogen-bond donors (Lipinski definition) is 2. The number of anilines is 2. The Morgan fingerprint density at radius 1 is 1.31 bits per heavy atom. The number of halogens is 1. The molecule has 0 aliphatic carbocycles. The van der Waals surface area contributed by atoms with E-state index in [0.29, 0.717) is 37.1 Å². The molecule has 0 saturated heterocycles. The predicted molar refractivity (Wildman–Crippen MR) is 67.0 cm³/mol. The Balaban J connectivity index is 2.21. The number of nitrogen functional groups attached to an aromatic ring is 1. The number of ether oxygens (including phenoxy) is 2. The maximum Gasteiger partial charge on any atom is 0.0701 e. The van der Waals surface area contributed by atoms with E-state index in [9.17, 15) is 0 Å². The topological polar surface area (TPSA) is 56.5 Å². The molecule has 0 aliphatic heterocycles. The van der Waals surface area contributed by atoms with Crippen LogP contribution in [0.1, 0.15) is 0 Å². The van der Waals surface area contributed by atoms with Gasteiger partial charge in [0.2, 0.25) is 0 Å². The molecule has 3 N–H and O–H groups in total. The Morgan fingerprint density at radius 3 is 2.81 bits per heavy atom. The molecule has 1 rings (SSSR count). The van der Waals surface area contributed by atoms with E-state index >= 15 is 0 Å². The first kappa shape index (κ1) is 13.1. The smallest absolute Gasteiger partial charge is 0.0701 e. The summed E-state index contributed by atoms with van der Waals surface area (Å²) in [5.41, 5.74) is 7.11. The van der Waals surface area contributed by atoms with Crippen LogP contribution in [0.4, 0.5) is 11.4 Å². The van der Waals surface area contributed by atoms with Crippen molar-refractivity contribution in [3.63, 3.8) is 0 Å². The highest BCUT2D eigenvalue weighted by molar-refractivity contribution is 6.33. The molecule has 90 valence electrons. The number of hydrogen-bond acceptors (Lipinski definition) is 4. The average Bonchev–Trinajstić information content (AvgIpc) is 2.26. The first-order chi connectivity index (χ1) is 7.74. The molecule has 0 aliphatic rings. The molecule has 0 spiro atoms. The molecule has 0 unspecified atom stereocenters. The maximum atomic E-state index is 5.99. The Kier molecular flexibility index (Phi) is 6.00. The summed E-state index contributed by atoms with van der Waals surface area (Å²) in [4.78, 5) is 0. The van der Waals surface area contributed by atoms with Gasteiger partial charge < -0.3 is 20.5 Å². The molecule has 4 nitrogen and oxygen atoms in total. The van der Waals surface area contributed by atoms with Gasteiger partial charge in [0, 0.05) is 19.3 Å². The van der Waals surface area contributed by atoms with E-state index in [0.717, 1.165) is 5.69 Å². The van der Waals surface area contributed by atoms with E-state index in [2.05, 4.69) is 5.32 Å². The van der Waals surface area contributed by atoms with Crippen molar-refractivity contribution in [2.24, 2.45) is 0 Å². The summed E-state index contributed by atoms with van der Waals surface area (Å²) < 4.78 is 10.2. The first-order valence-corrected chi connectivity index (χ1v) is 5.47. The van der Waals surface area contributed by atoms with Gasteiger partial charge in [0.05, 0.1) is 30.5 Å². The quantitative estimate of drug-likeness (QED) is 0.569. The van der Waals surface area contributed by atoms with Crippen molar-refractivity contribution >= 4 is 23.0 Å². The first-order valence-electron chi connectivity index (χ1n) is 5.09. The van der Waals surface area contributed by atoms with Crippen molar-refractivity contribution in [2.45, 2.75) is 0 Å². The Labute approximate surface area is 101 Å². The van der Waals surface area contributed by atoms with Gasteiger partial charge in [-0.25, -0.2) is 0 Å². The second kappa shape index (κ2) is 7.33. The third kappa shape index (κ3) is 4.70. The summed E-state index contributed by atoms with van der Waals surface area (Å²) in [6.45, 7) is 2.54. The molecular formula is C11H17ClN2O2. The lowest BCUT2D eigenvalue weighted by molar-refractivity contribution is 0.0759. The largest absolute Gasteiger partial charge is 0.399 e. The van der Waals surface area contributed by atoms with E-state index in [4.69, 9.17) is 26.8 Å². The van der Waals surface area contributed by atoms with Crippen molar-refractivity contribution in [1.82, 2.24) is 0 Å². The highest BCUT2D eigenvalue weighted by Gasteiger charge is 1.99. The lowest BCUT2D eigenvalue weighted by Crippen LogP contribution is -2.12. The summed E-state index contributed by atoms with van der Waals surface area (Å²) in [6, 6.07) is 5.38. The van der Waals surface area contributed by atoms with Gasteiger partial charge in [-0.1, -0.05) is 11.6 Å². The summed E-state index contributed by atoms with van der Waals surface area (Å²) >= 11 is 5.99. The molecule has 0 heterocycles. The number of nitrogens with two attached hydrogens (primary N) is 1. The van der Waals surface area contributed by atoms with Crippen molar-refractivity contribution in [3.05, 3.63) is 23.2 Å². The van der Waals surface area contributed by atoms with Crippen LogP contribution >= 0.6 is 11.6 Å². The molecule has 0 bridgehead atoms. The third-order valence-electron chi connectivity index (χ3n) is 1.99. The third-order valence-corrected chi connectivity index (χ3v) is 2.30. The second-order valence-electron chi connectivity index (χ2n) is 3.27. The minimum Gasteiger partial charge on any atom is -0.399 e. The van der Waals surface area contributed by atoms with Crippen LogP contribution in [0.5, 0.6) is 0 Å². The van der Waals surface area contributed by atoms with Gasteiger partial charge in [-0.2, -0.15) is 0 Å².